The predicted molar refractivity (Wildman–Crippen MR) is 93.2 cm³/mol. The summed E-state index contributed by atoms with van der Waals surface area (Å²) in [5, 5.41) is 12.1. The molecule has 1 saturated carbocycles. The second-order valence-electron chi connectivity index (χ2n) is 7.98. The molecule has 1 fully saturated rings. The molecule has 13 heteroatoms. The second-order valence-corrected chi connectivity index (χ2v) is 7.98. The van der Waals surface area contributed by atoms with Gasteiger partial charge in [-0.1, -0.05) is 6.92 Å². The number of hydrogen-bond donors (Lipinski definition) is 2. The number of aliphatic hydroxyl groups excluding tert-OH is 1. The smallest absolute Gasteiger partial charge is 0.380 e. The van der Waals surface area contributed by atoms with E-state index in [9.17, 15) is 40.2 Å². The molecule has 1 aromatic heterocycles. The monoisotopic (exact) mass is 460 g/mol. The largest absolute Gasteiger partial charge is 0.391 e. The molecular formula is C18H20F8N4O. The Labute approximate surface area is 172 Å². The van der Waals surface area contributed by atoms with E-state index in [1.54, 1.807) is 0 Å². The third kappa shape index (κ3) is 5.42. The van der Waals surface area contributed by atoms with Crippen molar-refractivity contribution in [2.75, 3.05) is 5.32 Å². The van der Waals surface area contributed by atoms with E-state index in [1.165, 1.54) is 0 Å². The minimum atomic E-state index is -4.46. The molecule has 2 atom stereocenters. The number of alkyl halides is 7. The van der Waals surface area contributed by atoms with Gasteiger partial charge in [-0.25, -0.2) is 26.9 Å². The average Bonchev–Trinajstić information content (AvgIpc) is 2.62. The summed E-state index contributed by atoms with van der Waals surface area (Å²) in [5.41, 5.74) is -0.423. The number of allylic oxidation sites excluding steroid dienone is 1. The first-order chi connectivity index (χ1) is 14.2. The Morgan fingerprint density at radius 2 is 1.77 bits per heavy atom. The van der Waals surface area contributed by atoms with Gasteiger partial charge in [0.25, 0.3) is 11.8 Å². The summed E-state index contributed by atoms with van der Waals surface area (Å²) in [4.78, 5) is 11.7. The van der Waals surface area contributed by atoms with Crippen molar-refractivity contribution in [2.45, 2.75) is 75.6 Å². The van der Waals surface area contributed by atoms with E-state index >= 15 is 0 Å². The molecule has 1 aromatic rings. The molecule has 0 radical (unpaired) electrons. The number of aromatic nitrogens is 3. The Morgan fingerprint density at radius 3 is 2.35 bits per heavy atom. The maximum Gasteiger partial charge on any atom is 0.391 e. The van der Waals surface area contributed by atoms with E-state index in [4.69, 9.17) is 0 Å². The molecule has 2 N–H and O–H groups in total. The highest BCUT2D eigenvalue weighted by atomic mass is 19.4. The number of nitrogens with one attached hydrogen (secondary N) is 1. The minimum Gasteiger partial charge on any atom is -0.380 e. The van der Waals surface area contributed by atoms with E-state index in [0.29, 0.717) is 0 Å². The van der Waals surface area contributed by atoms with Crippen LogP contribution in [0.15, 0.2) is 5.83 Å². The Balaban J connectivity index is 1.89. The van der Waals surface area contributed by atoms with Crippen LogP contribution >= 0.6 is 0 Å². The third-order valence-corrected chi connectivity index (χ3v) is 5.37. The second kappa shape index (κ2) is 8.14. The zero-order valence-corrected chi connectivity index (χ0v) is 16.3. The van der Waals surface area contributed by atoms with Gasteiger partial charge in [0.05, 0.1) is 5.92 Å². The number of aryl methyl sites for hydroxylation is 1. The van der Waals surface area contributed by atoms with Crippen LogP contribution in [0.1, 0.15) is 50.7 Å². The summed E-state index contributed by atoms with van der Waals surface area (Å²) in [7, 11) is 0. The van der Waals surface area contributed by atoms with Crippen LogP contribution in [0.2, 0.25) is 0 Å². The molecule has 0 unspecified atom stereocenters. The first kappa shape index (κ1) is 23.6. The van der Waals surface area contributed by atoms with Gasteiger partial charge in [-0.15, -0.1) is 0 Å². The van der Waals surface area contributed by atoms with Crippen LogP contribution in [0, 0.1) is 5.92 Å². The first-order valence-corrected chi connectivity index (χ1v) is 9.59. The molecule has 1 heterocycles. The average molecular weight is 460 g/mol. The lowest BCUT2D eigenvalue weighted by atomic mass is 9.88. The minimum absolute atomic E-state index is 0.179. The third-order valence-electron chi connectivity index (χ3n) is 5.37. The molecular weight excluding hydrogens is 440 g/mol. The zero-order valence-electron chi connectivity index (χ0n) is 16.3. The van der Waals surface area contributed by atoms with Crippen molar-refractivity contribution in [3.8, 4) is 0 Å². The molecule has 0 spiro atoms. The van der Waals surface area contributed by atoms with Crippen LogP contribution in [-0.4, -0.2) is 50.2 Å². The number of hydrogen-bond acceptors (Lipinski definition) is 5. The molecule has 0 saturated heterocycles. The van der Waals surface area contributed by atoms with E-state index in [1.807, 2.05) is 0 Å². The molecule has 0 bridgehead atoms. The highest BCUT2D eigenvalue weighted by Gasteiger charge is 2.47. The van der Waals surface area contributed by atoms with Crippen molar-refractivity contribution in [3.05, 3.63) is 17.5 Å². The van der Waals surface area contributed by atoms with Crippen LogP contribution < -0.4 is 5.32 Å². The van der Waals surface area contributed by atoms with Crippen molar-refractivity contribution in [1.82, 2.24) is 15.0 Å². The molecule has 2 aliphatic rings. The fraction of sp³-hybridized carbons (Fsp3) is 0.722. The van der Waals surface area contributed by atoms with Crippen LogP contribution in [0.4, 0.5) is 41.1 Å². The number of halogens is 8. The maximum atomic E-state index is 14.4. The van der Waals surface area contributed by atoms with Crippen molar-refractivity contribution >= 4 is 11.5 Å². The lowest BCUT2D eigenvalue weighted by molar-refractivity contribution is -0.171. The quantitative estimate of drug-likeness (QED) is 0.604. The number of anilines is 1. The summed E-state index contributed by atoms with van der Waals surface area (Å²) >= 11 is 0. The van der Waals surface area contributed by atoms with E-state index in [2.05, 4.69) is 20.3 Å². The van der Waals surface area contributed by atoms with Gasteiger partial charge in [0.15, 0.2) is 11.9 Å². The van der Waals surface area contributed by atoms with Crippen LogP contribution in [0.25, 0.3) is 5.57 Å². The van der Waals surface area contributed by atoms with E-state index < -0.39 is 85.4 Å². The highest BCUT2D eigenvalue weighted by Crippen LogP contribution is 2.42. The lowest BCUT2D eigenvalue weighted by Gasteiger charge is -2.35. The summed E-state index contributed by atoms with van der Waals surface area (Å²) < 4.78 is 106. The Bertz CT molecular complexity index is 849. The molecule has 5 nitrogen and oxygen atoms in total. The molecule has 0 amide bonds. The van der Waals surface area contributed by atoms with Crippen LogP contribution in [0.3, 0.4) is 0 Å². The summed E-state index contributed by atoms with van der Waals surface area (Å²) in [6, 6.07) is -0.715. The fourth-order valence-electron chi connectivity index (χ4n) is 3.30. The van der Waals surface area contributed by atoms with Gasteiger partial charge in [-0.05, 0) is 12.8 Å². The normalized spacial score (nSPS) is 24.6. The lowest BCUT2D eigenvalue weighted by Crippen LogP contribution is -2.44. The standard InChI is InChI=1S/C18H20F8N4O/c1-8(18(24,25)26)2-3-11-28-14(10-4-5-17(22,23)13(31)12(10)19)30-15(29-11)27-9-6-16(20,21)7-9/h8-9,13,31H,2-7H2,1H3,(H,27,28,29,30)/t8-,13+/m0/s1. The van der Waals surface area contributed by atoms with Gasteiger partial charge in [-0.2, -0.15) is 23.1 Å². The Kier molecular flexibility index (Phi) is 6.20. The molecule has 2 aliphatic carbocycles. The Morgan fingerprint density at radius 1 is 1.13 bits per heavy atom. The molecule has 31 heavy (non-hydrogen) atoms. The summed E-state index contributed by atoms with van der Waals surface area (Å²) in [6.45, 7) is 0.958. The van der Waals surface area contributed by atoms with Crippen molar-refractivity contribution in [2.24, 2.45) is 5.92 Å². The number of nitrogens with zero attached hydrogens (tertiary/aromatic N) is 3. The van der Waals surface area contributed by atoms with E-state index in [-0.39, 0.29) is 18.2 Å². The maximum absolute atomic E-state index is 14.4. The van der Waals surface area contributed by atoms with Crippen molar-refractivity contribution in [1.29, 1.82) is 0 Å². The zero-order chi connectivity index (χ0) is 23.2. The van der Waals surface area contributed by atoms with Gasteiger partial charge in [0.1, 0.15) is 11.7 Å². The van der Waals surface area contributed by atoms with Crippen LogP contribution in [0.5, 0.6) is 0 Å². The predicted octanol–water partition coefficient (Wildman–Crippen LogP) is 4.68. The van der Waals surface area contributed by atoms with Gasteiger partial charge < -0.3 is 10.4 Å². The molecule has 3 rings (SSSR count). The molecule has 0 aliphatic heterocycles. The van der Waals surface area contributed by atoms with Gasteiger partial charge >= 0.3 is 6.18 Å². The first-order valence-electron chi connectivity index (χ1n) is 9.59. The van der Waals surface area contributed by atoms with E-state index in [0.717, 1.165) is 6.92 Å². The number of aliphatic hydroxyl groups is 1. The summed E-state index contributed by atoms with van der Waals surface area (Å²) in [6.07, 6.45) is -10.3. The summed E-state index contributed by atoms with van der Waals surface area (Å²) in [5.74, 6) is -10.7. The highest BCUT2D eigenvalue weighted by molar-refractivity contribution is 5.65. The molecule has 174 valence electrons. The van der Waals surface area contributed by atoms with Gasteiger partial charge in [0, 0.05) is 37.3 Å². The fourth-order valence-corrected chi connectivity index (χ4v) is 3.30. The topological polar surface area (TPSA) is 70.9 Å². The Hall–Kier alpha value is -2.05. The van der Waals surface area contributed by atoms with Crippen molar-refractivity contribution < 1.29 is 40.2 Å². The molecule has 0 aromatic carbocycles. The van der Waals surface area contributed by atoms with Crippen molar-refractivity contribution in [3.63, 3.8) is 0 Å². The van der Waals surface area contributed by atoms with Gasteiger partial charge in [0.2, 0.25) is 5.95 Å². The SMILES string of the molecule is C[C@@H](CCc1nc(NC2CC(F)(F)C2)nc(C2=C(F)[C@@H](O)C(F)(F)CC2)n1)C(F)(F)F. The van der Waals surface area contributed by atoms with Gasteiger partial charge in [-0.3, -0.25) is 0 Å². The van der Waals surface area contributed by atoms with Crippen LogP contribution in [-0.2, 0) is 6.42 Å². The number of rotatable bonds is 6.